The van der Waals surface area contributed by atoms with Crippen LogP contribution in [0, 0.1) is 18.4 Å². The van der Waals surface area contributed by atoms with Crippen LogP contribution in [0.3, 0.4) is 0 Å². The van der Waals surface area contributed by atoms with Crippen molar-refractivity contribution in [1.29, 1.82) is 0 Å². The van der Waals surface area contributed by atoms with Crippen molar-refractivity contribution in [3.8, 4) is 0 Å². The summed E-state index contributed by atoms with van der Waals surface area (Å²) in [5, 5.41) is 7.87. The second kappa shape index (κ2) is 9.12. The number of carbonyl (C=O) groups excluding carboxylic acids is 3. The number of fused-ring (bicyclic) bond motifs is 3. The van der Waals surface area contributed by atoms with Crippen molar-refractivity contribution >= 4 is 39.9 Å². The van der Waals surface area contributed by atoms with Gasteiger partial charge in [0.25, 0.3) is 0 Å². The minimum Gasteiger partial charge on any atom is -0.325 e. The molecule has 3 aromatic carbocycles. The molecule has 7 heteroatoms. The lowest BCUT2D eigenvalue weighted by Crippen LogP contribution is -2.45. The molecule has 2 heterocycles. The Bertz CT molecular complexity index is 1410. The number of hydrogen-bond acceptors (Lipinski definition) is 3. The van der Waals surface area contributed by atoms with Gasteiger partial charge in [0.1, 0.15) is 11.3 Å². The van der Waals surface area contributed by atoms with Gasteiger partial charge in [-0.3, -0.25) is 24.1 Å². The third kappa shape index (κ3) is 3.99. The molecule has 3 aromatic rings. The molecule has 1 saturated heterocycles. The van der Waals surface area contributed by atoms with E-state index in [4.69, 9.17) is 6.57 Å². The quantitative estimate of drug-likeness (QED) is 0.406. The minimum absolute atomic E-state index is 0.0829. The van der Waals surface area contributed by atoms with Gasteiger partial charge in [0.15, 0.2) is 0 Å². The van der Waals surface area contributed by atoms with Crippen LogP contribution < -0.4 is 10.6 Å². The molecule has 3 atom stereocenters. The number of hydrogen-bond donors (Lipinski definition) is 2. The van der Waals surface area contributed by atoms with E-state index >= 15 is 0 Å². The summed E-state index contributed by atoms with van der Waals surface area (Å²) >= 11 is 0. The molecule has 0 saturated carbocycles. The van der Waals surface area contributed by atoms with E-state index in [-0.39, 0.29) is 24.8 Å². The van der Waals surface area contributed by atoms with Crippen molar-refractivity contribution in [2.75, 3.05) is 17.2 Å². The van der Waals surface area contributed by atoms with Gasteiger partial charge in [-0.2, -0.15) is 0 Å². The standard InChI is InChI=1S/C29H28N4O3/c1-18(2)14-22(26(34)31-21-13-12-19-8-4-5-9-20(19)15-21)27(35)33-17-29(16-25(33)30-3)23-10-6-7-11-24(23)32-28(29)36/h4-13,15,18,22,25H,14,16-17H2,1-2H3,(H,31,34)(H,32,36)/t22?,25-,29-/m0/s1. The second-order valence-electron chi connectivity index (χ2n) is 10.1. The van der Waals surface area contributed by atoms with Crippen LogP contribution in [0.4, 0.5) is 11.4 Å². The fourth-order valence-corrected chi connectivity index (χ4v) is 5.44. The number of nitrogens with zero attached hydrogens (tertiary/aromatic N) is 2. The average Bonchev–Trinajstić information content (AvgIpc) is 3.40. The Morgan fingerprint density at radius 3 is 2.58 bits per heavy atom. The van der Waals surface area contributed by atoms with Gasteiger partial charge in [-0.05, 0) is 46.9 Å². The Labute approximate surface area is 210 Å². The zero-order chi connectivity index (χ0) is 25.4. The molecule has 1 unspecified atom stereocenters. The number of amides is 3. The molecule has 3 amide bonds. The topological polar surface area (TPSA) is 82.9 Å². The lowest BCUT2D eigenvalue weighted by molar-refractivity contribution is -0.141. The van der Waals surface area contributed by atoms with Crippen LogP contribution in [0.15, 0.2) is 66.7 Å². The smallest absolute Gasteiger partial charge is 0.302 e. The average molecular weight is 481 g/mol. The van der Waals surface area contributed by atoms with Crippen LogP contribution in [-0.4, -0.2) is 35.3 Å². The first-order valence-electron chi connectivity index (χ1n) is 12.2. The summed E-state index contributed by atoms with van der Waals surface area (Å²) in [5.74, 6) is -1.88. The first-order chi connectivity index (χ1) is 17.3. The van der Waals surface area contributed by atoms with Gasteiger partial charge in [0.2, 0.25) is 17.7 Å². The highest BCUT2D eigenvalue weighted by Gasteiger charge is 2.59. The van der Waals surface area contributed by atoms with E-state index in [1.165, 1.54) is 4.90 Å². The van der Waals surface area contributed by atoms with E-state index in [0.717, 1.165) is 16.3 Å². The van der Waals surface area contributed by atoms with E-state index in [1.807, 2.05) is 80.6 Å². The highest BCUT2D eigenvalue weighted by molar-refractivity contribution is 6.09. The summed E-state index contributed by atoms with van der Waals surface area (Å²) in [7, 11) is 0. The van der Waals surface area contributed by atoms with Crippen molar-refractivity contribution < 1.29 is 14.4 Å². The predicted octanol–water partition coefficient (Wildman–Crippen LogP) is 4.81. The Balaban J connectivity index is 1.42. The molecular weight excluding hydrogens is 452 g/mol. The number of carbonyl (C=O) groups is 3. The summed E-state index contributed by atoms with van der Waals surface area (Å²) < 4.78 is 0. The number of anilines is 2. The van der Waals surface area contributed by atoms with Crippen molar-refractivity contribution in [3.63, 3.8) is 0 Å². The number of likely N-dealkylation sites (tertiary alicyclic amines) is 1. The van der Waals surface area contributed by atoms with Crippen molar-refractivity contribution in [1.82, 2.24) is 4.90 Å². The highest BCUT2D eigenvalue weighted by Crippen LogP contribution is 2.47. The fraction of sp³-hybridized carbons (Fsp3) is 0.310. The summed E-state index contributed by atoms with van der Waals surface area (Å²) in [6, 6.07) is 20.9. The number of para-hydroxylation sites is 1. The monoisotopic (exact) mass is 480 g/mol. The number of nitrogens with one attached hydrogen (secondary N) is 2. The maximum Gasteiger partial charge on any atom is 0.302 e. The SMILES string of the molecule is [C-]#[N+][C@@H]1C[C@@]2(CN1C(=O)C(CC(C)C)C(=O)Nc1ccc3ccccc3c1)C(=O)Nc1ccccc12. The first kappa shape index (κ1) is 23.6. The summed E-state index contributed by atoms with van der Waals surface area (Å²) in [6.45, 7) is 11.8. The Hall–Kier alpha value is -4.18. The lowest BCUT2D eigenvalue weighted by atomic mass is 9.80. The molecule has 2 aliphatic heterocycles. The van der Waals surface area contributed by atoms with Crippen molar-refractivity contribution in [2.45, 2.75) is 38.3 Å². The van der Waals surface area contributed by atoms with Crippen LogP contribution in [-0.2, 0) is 19.8 Å². The maximum absolute atomic E-state index is 13.8. The highest BCUT2D eigenvalue weighted by atomic mass is 16.2. The molecule has 7 nitrogen and oxygen atoms in total. The van der Waals surface area contributed by atoms with E-state index < -0.39 is 29.3 Å². The third-order valence-electron chi connectivity index (χ3n) is 7.23. The molecule has 5 rings (SSSR count). The van der Waals surface area contributed by atoms with Gasteiger partial charge in [0, 0.05) is 17.9 Å². The lowest BCUT2D eigenvalue weighted by Gasteiger charge is -2.25. The zero-order valence-corrected chi connectivity index (χ0v) is 20.3. The van der Waals surface area contributed by atoms with E-state index in [0.29, 0.717) is 17.8 Å². The van der Waals surface area contributed by atoms with E-state index in [2.05, 4.69) is 15.5 Å². The molecule has 36 heavy (non-hydrogen) atoms. The van der Waals surface area contributed by atoms with Crippen molar-refractivity contribution in [2.24, 2.45) is 11.8 Å². The first-order valence-corrected chi connectivity index (χ1v) is 12.2. The molecule has 0 aromatic heterocycles. The van der Waals surface area contributed by atoms with Gasteiger partial charge < -0.3 is 10.6 Å². The minimum atomic E-state index is -0.974. The van der Waals surface area contributed by atoms with Gasteiger partial charge in [-0.1, -0.05) is 62.4 Å². The van der Waals surface area contributed by atoms with Gasteiger partial charge >= 0.3 is 6.17 Å². The predicted molar refractivity (Wildman–Crippen MR) is 139 cm³/mol. The molecule has 0 bridgehead atoms. The second-order valence-corrected chi connectivity index (χ2v) is 10.1. The molecule has 182 valence electrons. The molecule has 2 N–H and O–H groups in total. The molecule has 2 aliphatic rings. The molecule has 1 fully saturated rings. The summed E-state index contributed by atoms with van der Waals surface area (Å²) in [4.78, 5) is 45.5. The number of rotatable bonds is 5. The molecule has 0 radical (unpaired) electrons. The van der Waals surface area contributed by atoms with E-state index in [1.54, 1.807) is 0 Å². The Morgan fingerprint density at radius 1 is 1.11 bits per heavy atom. The van der Waals surface area contributed by atoms with Crippen LogP contribution in [0.2, 0.25) is 0 Å². The van der Waals surface area contributed by atoms with Crippen LogP contribution >= 0.6 is 0 Å². The van der Waals surface area contributed by atoms with Gasteiger partial charge in [0.05, 0.1) is 6.42 Å². The Morgan fingerprint density at radius 2 is 1.83 bits per heavy atom. The third-order valence-corrected chi connectivity index (χ3v) is 7.23. The van der Waals surface area contributed by atoms with Gasteiger partial charge in [-0.25, -0.2) is 6.57 Å². The Kier molecular flexibility index (Phi) is 5.97. The molecule has 0 aliphatic carbocycles. The van der Waals surface area contributed by atoms with E-state index in [9.17, 15) is 14.4 Å². The van der Waals surface area contributed by atoms with Crippen LogP contribution in [0.1, 0.15) is 32.3 Å². The van der Waals surface area contributed by atoms with Crippen LogP contribution in [0.25, 0.3) is 15.6 Å². The molecule has 1 spiro atoms. The fourth-order valence-electron chi connectivity index (χ4n) is 5.44. The molecular formula is C29H28N4O3. The summed E-state index contributed by atoms with van der Waals surface area (Å²) in [6.07, 6.45) is -0.251. The number of benzene rings is 3. The van der Waals surface area contributed by atoms with Gasteiger partial charge in [-0.15, -0.1) is 0 Å². The zero-order valence-electron chi connectivity index (χ0n) is 20.3. The maximum atomic E-state index is 13.8. The summed E-state index contributed by atoms with van der Waals surface area (Å²) in [5.41, 5.74) is 1.16. The largest absolute Gasteiger partial charge is 0.325 e. The normalized spacial score (nSPS) is 21.3. The van der Waals surface area contributed by atoms with Crippen LogP contribution in [0.5, 0.6) is 0 Å². The van der Waals surface area contributed by atoms with Crippen molar-refractivity contribution in [3.05, 3.63) is 83.7 Å².